The van der Waals surface area contributed by atoms with Crippen LogP contribution in [-0.4, -0.2) is 27.7 Å². The van der Waals surface area contributed by atoms with E-state index in [2.05, 4.69) is 0 Å². The summed E-state index contributed by atoms with van der Waals surface area (Å²) >= 11 is 0. The van der Waals surface area contributed by atoms with Crippen LogP contribution in [0, 0.1) is 6.92 Å². The molecule has 1 amide bonds. The lowest BCUT2D eigenvalue weighted by Gasteiger charge is -2.32. The first-order valence-corrected chi connectivity index (χ1v) is 6.85. The van der Waals surface area contributed by atoms with Gasteiger partial charge in [-0.05, 0) is 38.8 Å². The van der Waals surface area contributed by atoms with Crippen LogP contribution in [0.3, 0.4) is 0 Å². The van der Waals surface area contributed by atoms with E-state index in [4.69, 9.17) is 4.74 Å². The number of rotatable bonds is 0. The SMILES string of the molecule is Cc1cc(=O)n(C)c2c1CN(C(=O)OC(C)(C)C)CC2. The van der Waals surface area contributed by atoms with Gasteiger partial charge >= 0.3 is 6.09 Å². The fourth-order valence-electron chi connectivity index (χ4n) is 2.46. The molecule has 1 aliphatic rings. The van der Waals surface area contributed by atoms with Crippen LogP contribution in [-0.2, 0) is 24.8 Å². The lowest BCUT2D eigenvalue weighted by Crippen LogP contribution is -2.41. The number of aromatic nitrogens is 1. The van der Waals surface area contributed by atoms with Crippen molar-refractivity contribution in [1.29, 1.82) is 0 Å². The number of amides is 1. The van der Waals surface area contributed by atoms with Gasteiger partial charge in [0.25, 0.3) is 5.56 Å². The van der Waals surface area contributed by atoms with Crippen molar-refractivity contribution in [3.05, 3.63) is 33.2 Å². The van der Waals surface area contributed by atoms with Crippen molar-refractivity contribution in [2.75, 3.05) is 6.54 Å². The molecule has 0 bridgehead atoms. The average molecular weight is 278 g/mol. The Morgan fingerprint density at radius 2 is 2.00 bits per heavy atom. The van der Waals surface area contributed by atoms with Crippen LogP contribution >= 0.6 is 0 Å². The molecule has 0 saturated heterocycles. The molecule has 0 atom stereocenters. The van der Waals surface area contributed by atoms with Crippen LogP contribution < -0.4 is 5.56 Å². The molecule has 0 fully saturated rings. The maximum Gasteiger partial charge on any atom is 0.410 e. The highest BCUT2D eigenvalue weighted by Crippen LogP contribution is 2.22. The predicted octanol–water partition coefficient (Wildman–Crippen LogP) is 1.99. The van der Waals surface area contributed by atoms with Crippen molar-refractivity contribution in [3.8, 4) is 0 Å². The monoisotopic (exact) mass is 278 g/mol. The van der Waals surface area contributed by atoms with Gasteiger partial charge in [-0.2, -0.15) is 0 Å². The minimum absolute atomic E-state index is 0.00645. The fraction of sp³-hybridized carbons (Fsp3) is 0.600. The summed E-state index contributed by atoms with van der Waals surface area (Å²) in [6.45, 7) is 8.58. The van der Waals surface area contributed by atoms with Crippen LogP contribution in [0.4, 0.5) is 4.79 Å². The van der Waals surface area contributed by atoms with Gasteiger partial charge in [0.1, 0.15) is 5.60 Å². The number of fused-ring (bicyclic) bond motifs is 1. The minimum Gasteiger partial charge on any atom is -0.444 e. The highest BCUT2D eigenvalue weighted by atomic mass is 16.6. The quantitative estimate of drug-likeness (QED) is 0.729. The van der Waals surface area contributed by atoms with E-state index < -0.39 is 5.60 Å². The standard InChI is InChI=1S/C15H22N2O3/c1-10-8-13(18)16(5)12-6-7-17(9-11(10)12)14(19)20-15(2,3)4/h8H,6-7,9H2,1-5H3. The summed E-state index contributed by atoms with van der Waals surface area (Å²) < 4.78 is 7.08. The fourth-order valence-corrected chi connectivity index (χ4v) is 2.46. The zero-order chi connectivity index (χ0) is 15.1. The van der Waals surface area contributed by atoms with E-state index in [9.17, 15) is 9.59 Å². The molecule has 0 unspecified atom stereocenters. The number of nitrogens with zero attached hydrogens (tertiary/aromatic N) is 2. The molecule has 1 aromatic rings. The van der Waals surface area contributed by atoms with Crippen molar-refractivity contribution >= 4 is 6.09 Å². The third kappa shape index (κ3) is 2.86. The van der Waals surface area contributed by atoms with Gasteiger partial charge in [0.2, 0.25) is 0 Å². The zero-order valence-corrected chi connectivity index (χ0v) is 12.8. The number of carbonyl (C=O) groups excluding carboxylic acids is 1. The average Bonchev–Trinajstić information content (AvgIpc) is 2.33. The molecule has 0 N–H and O–H groups in total. The van der Waals surface area contributed by atoms with E-state index in [1.54, 1.807) is 22.6 Å². The molecule has 0 aliphatic carbocycles. The summed E-state index contributed by atoms with van der Waals surface area (Å²) in [6, 6.07) is 1.62. The topological polar surface area (TPSA) is 51.5 Å². The van der Waals surface area contributed by atoms with Gasteiger partial charge in [0.15, 0.2) is 0 Å². The lowest BCUT2D eigenvalue weighted by atomic mass is 10.0. The van der Waals surface area contributed by atoms with E-state index in [0.29, 0.717) is 19.5 Å². The Bertz CT molecular complexity index is 596. The number of aryl methyl sites for hydroxylation is 1. The van der Waals surface area contributed by atoms with Gasteiger partial charge in [-0.25, -0.2) is 4.79 Å². The molecular formula is C15H22N2O3. The third-order valence-corrected chi connectivity index (χ3v) is 3.52. The summed E-state index contributed by atoms with van der Waals surface area (Å²) in [5, 5.41) is 0. The van der Waals surface area contributed by atoms with Crippen LogP contribution in [0.25, 0.3) is 0 Å². The van der Waals surface area contributed by atoms with Crippen molar-refractivity contribution in [1.82, 2.24) is 9.47 Å². The van der Waals surface area contributed by atoms with E-state index >= 15 is 0 Å². The molecule has 1 aromatic heterocycles. The maximum atomic E-state index is 12.1. The van der Waals surface area contributed by atoms with Gasteiger partial charge in [0, 0.05) is 31.8 Å². The Morgan fingerprint density at radius 3 is 2.60 bits per heavy atom. The highest BCUT2D eigenvalue weighted by molar-refractivity contribution is 5.68. The molecule has 0 saturated carbocycles. The third-order valence-electron chi connectivity index (χ3n) is 3.52. The number of ether oxygens (including phenoxy) is 1. The first kappa shape index (κ1) is 14.6. The van der Waals surface area contributed by atoms with Crippen molar-refractivity contribution in [3.63, 3.8) is 0 Å². The second kappa shape index (κ2) is 4.96. The predicted molar refractivity (Wildman–Crippen MR) is 76.8 cm³/mol. The molecule has 5 nitrogen and oxygen atoms in total. The highest BCUT2D eigenvalue weighted by Gasteiger charge is 2.27. The summed E-state index contributed by atoms with van der Waals surface area (Å²) in [4.78, 5) is 25.6. The van der Waals surface area contributed by atoms with Crippen LogP contribution in [0.5, 0.6) is 0 Å². The van der Waals surface area contributed by atoms with Gasteiger partial charge in [0.05, 0.1) is 6.54 Å². The summed E-state index contributed by atoms with van der Waals surface area (Å²) in [6.07, 6.45) is 0.388. The summed E-state index contributed by atoms with van der Waals surface area (Å²) in [7, 11) is 1.78. The largest absolute Gasteiger partial charge is 0.444 e. The van der Waals surface area contributed by atoms with Crippen LogP contribution in [0.2, 0.25) is 0 Å². The normalized spacial score (nSPS) is 14.9. The Labute approximate surface area is 119 Å². The number of pyridine rings is 1. The molecule has 0 spiro atoms. The van der Waals surface area contributed by atoms with Gasteiger partial charge in [-0.1, -0.05) is 0 Å². The van der Waals surface area contributed by atoms with E-state index in [-0.39, 0.29) is 11.7 Å². The Morgan fingerprint density at radius 1 is 1.35 bits per heavy atom. The molecule has 5 heteroatoms. The maximum absolute atomic E-state index is 12.1. The van der Waals surface area contributed by atoms with E-state index in [1.165, 1.54) is 0 Å². The Kier molecular flexibility index (Phi) is 3.63. The molecule has 110 valence electrons. The molecular weight excluding hydrogens is 256 g/mol. The smallest absolute Gasteiger partial charge is 0.410 e. The number of carbonyl (C=O) groups is 1. The van der Waals surface area contributed by atoms with Crippen molar-refractivity contribution in [2.24, 2.45) is 7.05 Å². The van der Waals surface area contributed by atoms with Crippen LogP contribution in [0.1, 0.15) is 37.6 Å². The summed E-state index contributed by atoms with van der Waals surface area (Å²) in [5.41, 5.74) is 2.54. The molecule has 0 radical (unpaired) electrons. The Hall–Kier alpha value is -1.78. The lowest BCUT2D eigenvalue weighted by molar-refractivity contribution is 0.0221. The van der Waals surface area contributed by atoms with E-state index in [1.807, 2.05) is 27.7 Å². The summed E-state index contributed by atoms with van der Waals surface area (Å²) in [5.74, 6) is 0. The Balaban J connectivity index is 2.26. The second-order valence-corrected chi connectivity index (χ2v) is 6.30. The van der Waals surface area contributed by atoms with Crippen molar-refractivity contribution in [2.45, 2.75) is 46.3 Å². The van der Waals surface area contributed by atoms with Gasteiger partial charge < -0.3 is 14.2 Å². The molecule has 20 heavy (non-hydrogen) atoms. The minimum atomic E-state index is -0.490. The number of hydrogen-bond donors (Lipinski definition) is 0. The van der Waals surface area contributed by atoms with Crippen molar-refractivity contribution < 1.29 is 9.53 Å². The van der Waals surface area contributed by atoms with Gasteiger partial charge in [-0.3, -0.25) is 4.79 Å². The van der Waals surface area contributed by atoms with E-state index in [0.717, 1.165) is 16.8 Å². The zero-order valence-electron chi connectivity index (χ0n) is 12.8. The molecule has 0 aromatic carbocycles. The second-order valence-electron chi connectivity index (χ2n) is 6.30. The molecule has 1 aliphatic heterocycles. The first-order chi connectivity index (χ1) is 9.19. The molecule has 2 rings (SSSR count). The first-order valence-electron chi connectivity index (χ1n) is 6.85. The van der Waals surface area contributed by atoms with Crippen LogP contribution in [0.15, 0.2) is 10.9 Å². The van der Waals surface area contributed by atoms with Gasteiger partial charge in [-0.15, -0.1) is 0 Å². The number of hydrogen-bond acceptors (Lipinski definition) is 3. The molecule has 2 heterocycles.